The molecule has 0 aliphatic rings. The number of benzene rings is 2. The van der Waals surface area contributed by atoms with Gasteiger partial charge >= 0.3 is 0 Å². The van der Waals surface area contributed by atoms with E-state index in [0.29, 0.717) is 0 Å². The van der Waals surface area contributed by atoms with Crippen LogP contribution in [0.3, 0.4) is 0 Å². The molecule has 2 rings (SSSR count). The van der Waals surface area contributed by atoms with Crippen molar-refractivity contribution in [2.24, 2.45) is 0 Å². The van der Waals surface area contributed by atoms with Crippen LogP contribution in [0.1, 0.15) is 46.5 Å². The monoisotopic (exact) mass is 394 g/mol. The number of rotatable bonds is 4. The lowest BCUT2D eigenvalue weighted by Crippen LogP contribution is -2.01. The normalized spacial score (nSPS) is 12.4. The number of aryl methyl sites for hydroxylation is 2. The predicted molar refractivity (Wildman–Crippen MR) is 94.8 cm³/mol. The molecule has 0 aliphatic carbocycles. The van der Waals surface area contributed by atoms with E-state index in [0.717, 1.165) is 12.8 Å². The van der Waals surface area contributed by atoms with E-state index in [4.69, 9.17) is 0 Å². The molecule has 0 N–H and O–H groups in total. The molecule has 0 aliphatic heterocycles. The quantitative estimate of drug-likeness (QED) is 0.527. The summed E-state index contributed by atoms with van der Waals surface area (Å²) in [5.41, 5.74) is 6.85. The van der Waals surface area contributed by atoms with E-state index in [2.05, 4.69) is 89.0 Å². The lowest BCUT2D eigenvalue weighted by molar-refractivity contribution is 1.02. The average Bonchev–Trinajstić information content (AvgIpc) is 2.48. The summed E-state index contributed by atoms with van der Waals surface area (Å²) in [4.78, 5) is 0.251. The minimum absolute atomic E-state index is 0.251. The Balaban J connectivity index is 2.51. The van der Waals surface area contributed by atoms with Crippen LogP contribution in [0.15, 0.2) is 40.9 Å². The van der Waals surface area contributed by atoms with Crippen molar-refractivity contribution in [3.63, 3.8) is 0 Å². The summed E-state index contributed by atoms with van der Waals surface area (Å²) in [6.07, 6.45) is 2.14. The van der Waals surface area contributed by atoms with Gasteiger partial charge in [-0.2, -0.15) is 0 Å². The van der Waals surface area contributed by atoms with E-state index in [9.17, 15) is 0 Å². The fraction of sp³-hybridized carbons (Fsp3) is 0.333. The molecule has 2 aromatic carbocycles. The summed E-state index contributed by atoms with van der Waals surface area (Å²) in [5, 5.41) is 0. The van der Waals surface area contributed by atoms with Crippen LogP contribution < -0.4 is 0 Å². The van der Waals surface area contributed by atoms with Crippen molar-refractivity contribution in [2.45, 2.75) is 38.4 Å². The van der Waals surface area contributed by atoms with Crippen molar-refractivity contribution < 1.29 is 0 Å². The first-order valence-electron chi connectivity index (χ1n) is 7.09. The first-order valence-corrected chi connectivity index (χ1v) is 8.80. The van der Waals surface area contributed by atoms with Gasteiger partial charge in [0.25, 0.3) is 0 Å². The second-order valence-electron chi connectivity index (χ2n) is 5.06. The van der Waals surface area contributed by atoms with Gasteiger partial charge in [0, 0.05) is 4.47 Å². The number of halogens is 2. The Morgan fingerprint density at radius 3 is 2.40 bits per heavy atom. The highest BCUT2D eigenvalue weighted by molar-refractivity contribution is 9.10. The first-order chi connectivity index (χ1) is 9.58. The highest BCUT2D eigenvalue weighted by Gasteiger charge is 2.17. The molecule has 20 heavy (non-hydrogen) atoms. The third-order valence-corrected chi connectivity index (χ3v) is 5.70. The van der Waals surface area contributed by atoms with Gasteiger partial charge < -0.3 is 0 Å². The average molecular weight is 396 g/mol. The first kappa shape index (κ1) is 15.8. The van der Waals surface area contributed by atoms with Crippen molar-refractivity contribution in [3.8, 4) is 0 Å². The van der Waals surface area contributed by atoms with Crippen LogP contribution in [0.2, 0.25) is 0 Å². The molecule has 0 spiro atoms. The van der Waals surface area contributed by atoms with Gasteiger partial charge in [0.1, 0.15) is 0 Å². The van der Waals surface area contributed by atoms with Crippen LogP contribution in [-0.2, 0) is 12.8 Å². The Hall–Kier alpha value is -0.600. The topological polar surface area (TPSA) is 0 Å². The van der Waals surface area contributed by atoms with Crippen LogP contribution in [0.25, 0.3) is 0 Å². The fourth-order valence-corrected chi connectivity index (χ4v) is 3.79. The molecule has 0 aromatic heterocycles. The van der Waals surface area contributed by atoms with E-state index >= 15 is 0 Å². The zero-order valence-corrected chi connectivity index (χ0v) is 15.4. The van der Waals surface area contributed by atoms with Gasteiger partial charge in [-0.1, -0.05) is 76.0 Å². The molecule has 0 radical (unpaired) electrons. The van der Waals surface area contributed by atoms with Crippen LogP contribution >= 0.6 is 31.9 Å². The smallest absolute Gasteiger partial charge is 0.0650 e. The summed E-state index contributed by atoms with van der Waals surface area (Å²) in [6.45, 7) is 6.60. The lowest BCUT2D eigenvalue weighted by Gasteiger charge is -2.19. The van der Waals surface area contributed by atoms with Gasteiger partial charge in [-0.3, -0.25) is 0 Å². The van der Waals surface area contributed by atoms with Crippen LogP contribution in [0, 0.1) is 6.92 Å². The molecule has 0 saturated carbocycles. The molecule has 1 unspecified atom stereocenters. The summed E-state index contributed by atoms with van der Waals surface area (Å²) in [5.74, 6) is 0. The Kier molecular flexibility index (Phi) is 5.45. The van der Waals surface area contributed by atoms with E-state index in [1.165, 1.54) is 32.3 Å². The van der Waals surface area contributed by atoms with Crippen molar-refractivity contribution in [3.05, 3.63) is 68.7 Å². The molecular weight excluding hydrogens is 376 g/mol. The lowest BCUT2D eigenvalue weighted by atomic mass is 9.93. The van der Waals surface area contributed by atoms with Crippen LogP contribution in [-0.4, -0.2) is 0 Å². The summed E-state index contributed by atoms with van der Waals surface area (Å²) in [6, 6.07) is 13.3. The Labute approximate surface area is 138 Å². The number of hydrogen-bond acceptors (Lipinski definition) is 0. The maximum absolute atomic E-state index is 3.91. The van der Waals surface area contributed by atoms with Crippen LogP contribution in [0.5, 0.6) is 0 Å². The maximum atomic E-state index is 3.91. The summed E-state index contributed by atoms with van der Waals surface area (Å²) < 4.78 is 1.17. The fourth-order valence-electron chi connectivity index (χ4n) is 2.49. The van der Waals surface area contributed by atoms with Gasteiger partial charge in [0.05, 0.1) is 4.83 Å². The SMILES string of the molecule is CCc1ccc(CC)c(C(Br)c2cccc(Br)c2C)c1. The molecule has 2 heteroatoms. The number of alkyl halides is 1. The molecular formula is C18H20Br2. The highest BCUT2D eigenvalue weighted by atomic mass is 79.9. The number of hydrogen-bond donors (Lipinski definition) is 0. The minimum Gasteiger partial charge on any atom is -0.0786 e. The van der Waals surface area contributed by atoms with Crippen LogP contribution in [0.4, 0.5) is 0 Å². The predicted octanol–water partition coefficient (Wildman–Crippen LogP) is 6.37. The zero-order valence-electron chi connectivity index (χ0n) is 12.2. The van der Waals surface area contributed by atoms with Gasteiger partial charge in [0.15, 0.2) is 0 Å². The minimum atomic E-state index is 0.251. The van der Waals surface area contributed by atoms with Gasteiger partial charge in [-0.25, -0.2) is 0 Å². The Bertz CT molecular complexity index is 602. The molecule has 0 fully saturated rings. The molecule has 0 bridgehead atoms. The van der Waals surface area contributed by atoms with Crippen molar-refractivity contribution >= 4 is 31.9 Å². The molecule has 0 nitrogen and oxygen atoms in total. The summed E-state index contributed by atoms with van der Waals surface area (Å²) >= 11 is 7.54. The second-order valence-corrected chi connectivity index (χ2v) is 6.83. The van der Waals surface area contributed by atoms with Gasteiger partial charge in [0.2, 0.25) is 0 Å². The second kappa shape index (κ2) is 6.91. The van der Waals surface area contributed by atoms with E-state index in [1.807, 2.05) is 0 Å². The van der Waals surface area contributed by atoms with Gasteiger partial charge in [-0.05, 0) is 53.6 Å². The highest BCUT2D eigenvalue weighted by Crippen LogP contribution is 2.37. The molecule has 0 amide bonds. The maximum Gasteiger partial charge on any atom is 0.0650 e. The van der Waals surface area contributed by atoms with Crippen molar-refractivity contribution in [1.82, 2.24) is 0 Å². The largest absolute Gasteiger partial charge is 0.0786 e. The standard InChI is InChI=1S/C18H20Br2/c1-4-13-9-10-14(5-2)16(11-13)18(20)15-7-6-8-17(19)12(15)3/h6-11,18H,4-5H2,1-3H3. The molecule has 2 aromatic rings. The Morgan fingerprint density at radius 1 is 1.00 bits per heavy atom. The van der Waals surface area contributed by atoms with E-state index in [-0.39, 0.29) is 4.83 Å². The third kappa shape index (κ3) is 3.17. The Morgan fingerprint density at radius 2 is 1.75 bits per heavy atom. The molecule has 0 saturated heterocycles. The van der Waals surface area contributed by atoms with E-state index in [1.54, 1.807) is 0 Å². The third-order valence-electron chi connectivity index (χ3n) is 3.86. The van der Waals surface area contributed by atoms with Crippen molar-refractivity contribution in [1.29, 1.82) is 0 Å². The van der Waals surface area contributed by atoms with Gasteiger partial charge in [-0.15, -0.1) is 0 Å². The van der Waals surface area contributed by atoms with E-state index < -0.39 is 0 Å². The van der Waals surface area contributed by atoms with Crippen molar-refractivity contribution in [2.75, 3.05) is 0 Å². The summed E-state index contributed by atoms with van der Waals surface area (Å²) in [7, 11) is 0. The molecule has 0 heterocycles. The zero-order chi connectivity index (χ0) is 14.7. The molecule has 106 valence electrons. The molecule has 1 atom stereocenters.